The Kier molecular flexibility index (Phi) is 6.37. The van der Waals surface area contributed by atoms with Crippen LogP contribution in [0, 0.1) is 0 Å². The largest absolute Gasteiger partial charge is 0.385 e. The minimum atomic E-state index is 0.116. The second-order valence-electron chi connectivity index (χ2n) is 4.22. The molecular weight excluding hydrogens is 206 g/mol. The zero-order chi connectivity index (χ0) is 11.8. The average Bonchev–Trinajstić information content (AvgIpc) is 2.28. The predicted molar refractivity (Wildman–Crippen MR) is 63.4 cm³/mol. The van der Waals surface area contributed by atoms with Gasteiger partial charge in [0.05, 0.1) is 6.54 Å². The summed E-state index contributed by atoms with van der Waals surface area (Å²) in [5, 5.41) is 6.21. The Morgan fingerprint density at radius 3 is 3.12 bits per heavy atom. The first-order chi connectivity index (χ1) is 7.74. The molecular formula is C11H23N3O2. The van der Waals surface area contributed by atoms with Gasteiger partial charge in [-0.15, -0.1) is 0 Å². The summed E-state index contributed by atoms with van der Waals surface area (Å²) in [7, 11) is 1.67. The normalized spacial score (nSPS) is 22.0. The second kappa shape index (κ2) is 7.60. The highest BCUT2D eigenvalue weighted by Gasteiger charge is 2.19. The summed E-state index contributed by atoms with van der Waals surface area (Å²) in [5.74, 6) is 0.116. The Morgan fingerprint density at radius 2 is 2.44 bits per heavy atom. The van der Waals surface area contributed by atoms with Gasteiger partial charge in [0.1, 0.15) is 0 Å². The molecule has 5 heteroatoms. The van der Waals surface area contributed by atoms with Gasteiger partial charge in [-0.2, -0.15) is 0 Å². The average molecular weight is 229 g/mol. The lowest BCUT2D eigenvalue weighted by Gasteiger charge is -2.33. The van der Waals surface area contributed by atoms with Gasteiger partial charge in [0.25, 0.3) is 0 Å². The van der Waals surface area contributed by atoms with E-state index in [0.29, 0.717) is 25.7 Å². The zero-order valence-electron chi connectivity index (χ0n) is 10.3. The Hall–Kier alpha value is -0.650. The monoisotopic (exact) mass is 229 g/mol. The molecule has 0 aromatic carbocycles. The lowest BCUT2D eigenvalue weighted by Crippen LogP contribution is -2.52. The molecule has 1 aliphatic heterocycles. The van der Waals surface area contributed by atoms with E-state index in [1.807, 2.05) is 0 Å². The first kappa shape index (κ1) is 13.4. The van der Waals surface area contributed by atoms with Crippen LogP contribution >= 0.6 is 0 Å². The lowest BCUT2D eigenvalue weighted by atomic mass is 10.2. The van der Waals surface area contributed by atoms with Crippen molar-refractivity contribution in [2.75, 3.05) is 46.4 Å². The van der Waals surface area contributed by atoms with Crippen LogP contribution in [-0.4, -0.2) is 63.3 Å². The van der Waals surface area contributed by atoms with Crippen molar-refractivity contribution in [3.63, 3.8) is 0 Å². The summed E-state index contributed by atoms with van der Waals surface area (Å²) in [5.41, 5.74) is 0. The molecule has 0 radical (unpaired) electrons. The van der Waals surface area contributed by atoms with Crippen LogP contribution in [0.1, 0.15) is 13.3 Å². The molecule has 0 saturated carbocycles. The van der Waals surface area contributed by atoms with Crippen molar-refractivity contribution in [1.29, 1.82) is 0 Å². The molecule has 16 heavy (non-hydrogen) atoms. The summed E-state index contributed by atoms with van der Waals surface area (Å²) in [6.45, 7) is 6.95. The lowest BCUT2D eigenvalue weighted by molar-refractivity contribution is -0.122. The highest BCUT2D eigenvalue weighted by molar-refractivity contribution is 5.78. The Bertz CT molecular complexity index is 211. The Labute approximate surface area is 97.5 Å². The topological polar surface area (TPSA) is 53.6 Å². The molecule has 1 fully saturated rings. The minimum absolute atomic E-state index is 0.116. The van der Waals surface area contributed by atoms with Crippen LogP contribution in [0.3, 0.4) is 0 Å². The molecule has 1 aliphatic rings. The molecule has 0 bridgehead atoms. The van der Waals surface area contributed by atoms with E-state index < -0.39 is 0 Å². The van der Waals surface area contributed by atoms with Crippen LogP contribution in [0.5, 0.6) is 0 Å². The summed E-state index contributed by atoms with van der Waals surface area (Å²) in [6, 6.07) is 0.443. The molecule has 1 amide bonds. The number of hydrogen-bond acceptors (Lipinski definition) is 4. The maximum absolute atomic E-state index is 11.6. The van der Waals surface area contributed by atoms with Gasteiger partial charge in [0.15, 0.2) is 0 Å². The highest BCUT2D eigenvalue weighted by atomic mass is 16.5. The SMILES string of the molecule is COCCCNC(=O)CN1CCNC[C@@H]1C. The number of amides is 1. The first-order valence-electron chi connectivity index (χ1n) is 5.94. The predicted octanol–water partition coefficient (Wildman–Crippen LogP) is -0.567. The number of piperazine rings is 1. The van der Waals surface area contributed by atoms with Crippen molar-refractivity contribution in [3.05, 3.63) is 0 Å². The van der Waals surface area contributed by atoms with Crippen molar-refractivity contribution in [3.8, 4) is 0 Å². The third-order valence-electron chi connectivity index (χ3n) is 2.83. The standard InChI is InChI=1S/C11H23N3O2/c1-10-8-12-5-6-14(10)9-11(15)13-4-3-7-16-2/h10,12H,3-9H2,1-2H3,(H,13,15)/t10-/m0/s1. The quantitative estimate of drug-likeness (QED) is 0.599. The van der Waals surface area contributed by atoms with Crippen molar-refractivity contribution in [1.82, 2.24) is 15.5 Å². The maximum Gasteiger partial charge on any atom is 0.234 e. The van der Waals surface area contributed by atoms with Crippen LogP contribution in [0.25, 0.3) is 0 Å². The van der Waals surface area contributed by atoms with E-state index in [1.165, 1.54) is 0 Å². The molecule has 2 N–H and O–H groups in total. The number of nitrogens with one attached hydrogen (secondary N) is 2. The van der Waals surface area contributed by atoms with Crippen LogP contribution in [0.2, 0.25) is 0 Å². The van der Waals surface area contributed by atoms with Gasteiger partial charge in [-0.1, -0.05) is 0 Å². The van der Waals surface area contributed by atoms with Gasteiger partial charge < -0.3 is 15.4 Å². The van der Waals surface area contributed by atoms with Crippen molar-refractivity contribution in [2.24, 2.45) is 0 Å². The van der Waals surface area contributed by atoms with Crippen molar-refractivity contribution in [2.45, 2.75) is 19.4 Å². The van der Waals surface area contributed by atoms with E-state index in [1.54, 1.807) is 7.11 Å². The molecule has 94 valence electrons. The van der Waals surface area contributed by atoms with Gasteiger partial charge >= 0.3 is 0 Å². The fourth-order valence-corrected chi connectivity index (χ4v) is 1.80. The number of nitrogens with zero attached hydrogens (tertiary/aromatic N) is 1. The summed E-state index contributed by atoms with van der Waals surface area (Å²) in [6.07, 6.45) is 0.874. The number of carbonyl (C=O) groups excluding carboxylic acids is 1. The molecule has 5 nitrogen and oxygen atoms in total. The smallest absolute Gasteiger partial charge is 0.234 e. The first-order valence-corrected chi connectivity index (χ1v) is 5.94. The molecule has 0 unspecified atom stereocenters. The highest BCUT2D eigenvalue weighted by Crippen LogP contribution is 2.00. The van der Waals surface area contributed by atoms with Crippen molar-refractivity contribution < 1.29 is 9.53 Å². The van der Waals surface area contributed by atoms with E-state index in [0.717, 1.165) is 26.1 Å². The zero-order valence-corrected chi connectivity index (χ0v) is 10.3. The van der Waals surface area contributed by atoms with Gasteiger partial charge in [-0.25, -0.2) is 0 Å². The van der Waals surface area contributed by atoms with E-state index in [9.17, 15) is 4.79 Å². The number of ether oxygens (including phenoxy) is 1. The fraction of sp³-hybridized carbons (Fsp3) is 0.909. The van der Waals surface area contributed by atoms with E-state index in [4.69, 9.17) is 4.74 Å². The fourth-order valence-electron chi connectivity index (χ4n) is 1.80. The van der Waals surface area contributed by atoms with Gasteiger partial charge in [-0.3, -0.25) is 9.69 Å². The van der Waals surface area contributed by atoms with E-state index in [2.05, 4.69) is 22.5 Å². The second-order valence-corrected chi connectivity index (χ2v) is 4.22. The molecule has 0 aliphatic carbocycles. The third-order valence-corrected chi connectivity index (χ3v) is 2.83. The summed E-state index contributed by atoms with van der Waals surface area (Å²) in [4.78, 5) is 13.8. The number of hydrogen-bond donors (Lipinski definition) is 2. The summed E-state index contributed by atoms with van der Waals surface area (Å²) >= 11 is 0. The van der Waals surface area contributed by atoms with E-state index >= 15 is 0 Å². The van der Waals surface area contributed by atoms with Crippen LogP contribution < -0.4 is 10.6 Å². The van der Waals surface area contributed by atoms with Gasteiger partial charge in [0.2, 0.25) is 5.91 Å². The number of methoxy groups -OCH3 is 1. The third kappa shape index (κ3) is 4.92. The van der Waals surface area contributed by atoms with Crippen LogP contribution in [-0.2, 0) is 9.53 Å². The Morgan fingerprint density at radius 1 is 1.62 bits per heavy atom. The van der Waals surface area contributed by atoms with Crippen molar-refractivity contribution >= 4 is 5.91 Å². The van der Waals surface area contributed by atoms with Gasteiger partial charge in [-0.05, 0) is 13.3 Å². The molecule has 0 aromatic rings. The molecule has 0 aromatic heterocycles. The minimum Gasteiger partial charge on any atom is -0.385 e. The molecule has 1 heterocycles. The number of rotatable bonds is 6. The molecule has 1 rings (SSSR count). The number of carbonyl (C=O) groups is 1. The maximum atomic E-state index is 11.6. The molecule has 1 saturated heterocycles. The van der Waals surface area contributed by atoms with Gasteiger partial charge in [0, 0.05) is 45.9 Å². The summed E-state index contributed by atoms with van der Waals surface area (Å²) < 4.78 is 4.92. The van der Waals surface area contributed by atoms with Crippen LogP contribution in [0.4, 0.5) is 0 Å². The Balaban J connectivity index is 2.12. The molecule has 1 atom stereocenters. The molecule has 0 spiro atoms. The van der Waals surface area contributed by atoms with E-state index in [-0.39, 0.29) is 5.91 Å². The van der Waals surface area contributed by atoms with Crippen LogP contribution in [0.15, 0.2) is 0 Å².